The van der Waals surface area contributed by atoms with Gasteiger partial charge in [0.05, 0.1) is 5.69 Å². The van der Waals surface area contributed by atoms with Crippen LogP contribution in [-0.2, 0) is 6.42 Å². The first kappa shape index (κ1) is 11.9. The second-order valence-corrected chi connectivity index (χ2v) is 4.24. The molecule has 17 heavy (non-hydrogen) atoms. The molecule has 1 aromatic heterocycles. The van der Waals surface area contributed by atoms with E-state index in [9.17, 15) is 4.39 Å². The van der Waals surface area contributed by atoms with E-state index in [2.05, 4.69) is 9.97 Å². The molecule has 0 unspecified atom stereocenters. The zero-order chi connectivity index (χ0) is 12.4. The molecule has 0 aliphatic rings. The van der Waals surface area contributed by atoms with E-state index in [4.69, 9.17) is 12.2 Å². The average Bonchev–Trinajstić information content (AvgIpc) is 2.32. The molecule has 1 heterocycles. The molecular formula is C13H13FN2S. The predicted octanol–water partition coefficient (Wildman–Crippen LogP) is 3.82. The Hall–Kier alpha value is -1.55. The van der Waals surface area contributed by atoms with E-state index >= 15 is 0 Å². The summed E-state index contributed by atoms with van der Waals surface area (Å²) in [6.45, 7) is 3.89. The molecule has 0 atom stereocenters. The fraction of sp³-hybridized carbons (Fsp3) is 0.231. The molecular weight excluding hydrogens is 235 g/mol. The number of benzene rings is 1. The lowest BCUT2D eigenvalue weighted by Gasteiger charge is -2.08. The number of aromatic nitrogens is 2. The summed E-state index contributed by atoms with van der Waals surface area (Å²) in [4.78, 5) is 7.47. The first-order valence-corrected chi connectivity index (χ1v) is 5.88. The summed E-state index contributed by atoms with van der Waals surface area (Å²) >= 11 is 5.20. The molecule has 4 heteroatoms. The SMILES string of the molecule is CCc1nc(=S)c(C)c(-c2cccc(F)c2)[nH]1. The third-order valence-corrected chi connectivity index (χ3v) is 3.05. The molecule has 0 aliphatic heterocycles. The third-order valence-electron chi connectivity index (χ3n) is 2.65. The van der Waals surface area contributed by atoms with Gasteiger partial charge in [0.15, 0.2) is 0 Å². The van der Waals surface area contributed by atoms with E-state index in [0.29, 0.717) is 4.64 Å². The molecule has 0 aliphatic carbocycles. The summed E-state index contributed by atoms with van der Waals surface area (Å²) in [5, 5.41) is 0. The fourth-order valence-electron chi connectivity index (χ4n) is 1.68. The van der Waals surface area contributed by atoms with Crippen molar-refractivity contribution in [3.05, 3.63) is 46.1 Å². The first-order chi connectivity index (χ1) is 8.11. The van der Waals surface area contributed by atoms with Gasteiger partial charge in [-0.1, -0.05) is 31.3 Å². The summed E-state index contributed by atoms with van der Waals surface area (Å²) in [6, 6.07) is 6.46. The van der Waals surface area contributed by atoms with Crippen LogP contribution in [0.25, 0.3) is 11.3 Å². The molecule has 0 radical (unpaired) electrons. The summed E-state index contributed by atoms with van der Waals surface area (Å²) in [5.74, 6) is 0.566. The molecule has 0 amide bonds. The second kappa shape index (κ2) is 4.75. The van der Waals surface area contributed by atoms with E-state index < -0.39 is 0 Å². The summed E-state index contributed by atoms with van der Waals surface area (Å²) < 4.78 is 13.8. The lowest BCUT2D eigenvalue weighted by atomic mass is 10.1. The number of hydrogen-bond donors (Lipinski definition) is 1. The maximum Gasteiger partial charge on any atom is 0.133 e. The highest BCUT2D eigenvalue weighted by molar-refractivity contribution is 7.71. The van der Waals surface area contributed by atoms with Crippen molar-refractivity contribution >= 4 is 12.2 Å². The molecule has 2 rings (SSSR count). The van der Waals surface area contributed by atoms with E-state index in [0.717, 1.165) is 29.1 Å². The summed E-state index contributed by atoms with van der Waals surface area (Å²) in [7, 11) is 0. The normalized spacial score (nSPS) is 10.5. The largest absolute Gasteiger partial charge is 0.343 e. The monoisotopic (exact) mass is 248 g/mol. The van der Waals surface area contributed by atoms with Crippen LogP contribution in [0, 0.1) is 17.4 Å². The quantitative estimate of drug-likeness (QED) is 0.818. The summed E-state index contributed by atoms with van der Waals surface area (Å²) in [6.07, 6.45) is 0.770. The molecule has 0 saturated heterocycles. The zero-order valence-corrected chi connectivity index (χ0v) is 10.6. The smallest absolute Gasteiger partial charge is 0.133 e. The molecule has 2 aromatic rings. The molecule has 0 bridgehead atoms. The Bertz CT molecular complexity index is 605. The van der Waals surface area contributed by atoms with Gasteiger partial charge in [0.2, 0.25) is 0 Å². The lowest BCUT2D eigenvalue weighted by molar-refractivity contribution is 0.628. The highest BCUT2D eigenvalue weighted by atomic mass is 32.1. The van der Waals surface area contributed by atoms with Crippen molar-refractivity contribution in [1.29, 1.82) is 0 Å². The van der Waals surface area contributed by atoms with Crippen molar-refractivity contribution < 1.29 is 4.39 Å². The van der Waals surface area contributed by atoms with Crippen LogP contribution in [0.3, 0.4) is 0 Å². The van der Waals surface area contributed by atoms with Crippen LogP contribution >= 0.6 is 12.2 Å². The van der Waals surface area contributed by atoms with Crippen LogP contribution in [0.4, 0.5) is 4.39 Å². The molecule has 2 nitrogen and oxygen atoms in total. The van der Waals surface area contributed by atoms with Crippen LogP contribution in [-0.4, -0.2) is 9.97 Å². The molecule has 0 spiro atoms. The standard InChI is InChI=1S/C13H13FN2S/c1-3-11-15-12(8(2)13(17)16-11)9-5-4-6-10(14)7-9/h4-7H,3H2,1-2H3,(H,15,16,17). The molecule has 0 fully saturated rings. The van der Waals surface area contributed by atoms with Gasteiger partial charge in [-0.25, -0.2) is 9.37 Å². The minimum Gasteiger partial charge on any atom is -0.343 e. The van der Waals surface area contributed by atoms with E-state index in [1.807, 2.05) is 19.9 Å². The van der Waals surface area contributed by atoms with Crippen LogP contribution in [0.1, 0.15) is 18.3 Å². The van der Waals surface area contributed by atoms with Crippen molar-refractivity contribution in [3.8, 4) is 11.3 Å². The van der Waals surface area contributed by atoms with Crippen LogP contribution in [0.15, 0.2) is 24.3 Å². The number of H-pyrrole nitrogens is 1. The van der Waals surface area contributed by atoms with Crippen molar-refractivity contribution in [2.24, 2.45) is 0 Å². The van der Waals surface area contributed by atoms with Crippen LogP contribution < -0.4 is 0 Å². The molecule has 88 valence electrons. The van der Waals surface area contributed by atoms with Gasteiger partial charge in [-0.15, -0.1) is 0 Å². The Kier molecular flexibility index (Phi) is 3.33. The van der Waals surface area contributed by atoms with E-state index in [1.54, 1.807) is 6.07 Å². The van der Waals surface area contributed by atoms with Gasteiger partial charge in [-0.05, 0) is 19.1 Å². The Morgan fingerprint density at radius 3 is 2.82 bits per heavy atom. The van der Waals surface area contributed by atoms with Gasteiger partial charge in [0, 0.05) is 17.5 Å². The van der Waals surface area contributed by atoms with Crippen molar-refractivity contribution in [2.75, 3.05) is 0 Å². The van der Waals surface area contributed by atoms with Gasteiger partial charge in [0.1, 0.15) is 16.3 Å². The number of nitrogens with one attached hydrogen (secondary N) is 1. The number of aromatic amines is 1. The van der Waals surface area contributed by atoms with Gasteiger partial charge in [-0.2, -0.15) is 0 Å². The van der Waals surface area contributed by atoms with E-state index in [1.165, 1.54) is 12.1 Å². The van der Waals surface area contributed by atoms with Crippen molar-refractivity contribution in [3.63, 3.8) is 0 Å². The van der Waals surface area contributed by atoms with Gasteiger partial charge >= 0.3 is 0 Å². The number of nitrogens with zero attached hydrogens (tertiary/aromatic N) is 1. The predicted molar refractivity (Wildman–Crippen MR) is 68.9 cm³/mol. The third kappa shape index (κ3) is 2.42. The Morgan fingerprint density at radius 1 is 1.41 bits per heavy atom. The maximum absolute atomic E-state index is 13.2. The zero-order valence-electron chi connectivity index (χ0n) is 9.75. The Morgan fingerprint density at radius 2 is 2.18 bits per heavy atom. The van der Waals surface area contributed by atoms with Crippen LogP contribution in [0.2, 0.25) is 0 Å². The van der Waals surface area contributed by atoms with Gasteiger partial charge < -0.3 is 4.98 Å². The average molecular weight is 248 g/mol. The highest BCUT2D eigenvalue weighted by Crippen LogP contribution is 2.22. The minimum absolute atomic E-state index is 0.254. The maximum atomic E-state index is 13.2. The number of rotatable bonds is 2. The van der Waals surface area contributed by atoms with Crippen molar-refractivity contribution in [1.82, 2.24) is 9.97 Å². The fourth-order valence-corrected chi connectivity index (χ4v) is 1.89. The molecule has 1 N–H and O–H groups in total. The number of halogens is 1. The molecule has 1 aromatic carbocycles. The van der Waals surface area contributed by atoms with Crippen molar-refractivity contribution in [2.45, 2.75) is 20.3 Å². The van der Waals surface area contributed by atoms with Crippen LogP contribution in [0.5, 0.6) is 0 Å². The topological polar surface area (TPSA) is 28.7 Å². The van der Waals surface area contributed by atoms with Gasteiger partial charge in [-0.3, -0.25) is 0 Å². The summed E-state index contributed by atoms with van der Waals surface area (Å²) in [5.41, 5.74) is 2.52. The highest BCUT2D eigenvalue weighted by Gasteiger charge is 2.07. The Labute approximate surface area is 105 Å². The van der Waals surface area contributed by atoms with E-state index in [-0.39, 0.29) is 5.82 Å². The first-order valence-electron chi connectivity index (χ1n) is 5.47. The minimum atomic E-state index is -0.254. The lowest BCUT2D eigenvalue weighted by Crippen LogP contribution is -1.99. The number of hydrogen-bond acceptors (Lipinski definition) is 2. The Balaban J connectivity index is 2.66. The number of aryl methyl sites for hydroxylation is 1. The second-order valence-electron chi connectivity index (χ2n) is 3.85. The molecule has 0 saturated carbocycles. The van der Waals surface area contributed by atoms with Gasteiger partial charge in [0.25, 0.3) is 0 Å².